The average molecular weight is 491 g/mol. The van der Waals surface area contributed by atoms with Crippen LogP contribution in [0.1, 0.15) is 28.2 Å². The van der Waals surface area contributed by atoms with E-state index in [0.717, 1.165) is 41.6 Å². The number of imide groups is 1. The molecule has 0 unspecified atom stereocenters. The van der Waals surface area contributed by atoms with Crippen LogP contribution in [0.4, 0.5) is 5.69 Å². The van der Waals surface area contributed by atoms with E-state index in [0.29, 0.717) is 24.3 Å². The van der Waals surface area contributed by atoms with Gasteiger partial charge < -0.3 is 9.64 Å². The number of hydrogen-bond acceptors (Lipinski definition) is 7. The molecule has 0 saturated carbocycles. The molecular weight excluding hydrogens is 464 g/mol. The third kappa shape index (κ3) is 4.96. The summed E-state index contributed by atoms with van der Waals surface area (Å²) >= 11 is 1.64. The van der Waals surface area contributed by atoms with Gasteiger partial charge in [-0.2, -0.15) is 0 Å². The number of methoxy groups -OCH3 is 1. The summed E-state index contributed by atoms with van der Waals surface area (Å²) in [7, 11) is 1.66. The molecule has 2 aromatic carbocycles. The van der Waals surface area contributed by atoms with E-state index >= 15 is 0 Å². The van der Waals surface area contributed by atoms with Gasteiger partial charge in [0.25, 0.3) is 5.91 Å². The van der Waals surface area contributed by atoms with E-state index in [1.165, 1.54) is 4.90 Å². The number of nitrogens with zero attached hydrogens (tertiary/aromatic N) is 4. The van der Waals surface area contributed by atoms with E-state index in [2.05, 4.69) is 10.3 Å². The van der Waals surface area contributed by atoms with Gasteiger partial charge in [-0.25, -0.2) is 4.98 Å². The summed E-state index contributed by atoms with van der Waals surface area (Å²) in [6.07, 6.45) is 0.486. The molecule has 180 valence electrons. The molecule has 2 aliphatic heterocycles. The van der Waals surface area contributed by atoms with E-state index < -0.39 is 0 Å². The van der Waals surface area contributed by atoms with Crippen LogP contribution in [-0.2, 0) is 16.1 Å². The quantitative estimate of drug-likeness (QED) is 0.493. The van der Waals surface area contributed by atoms with Gasteiger partial charge in [0, 0.05) is 55.5 Å². The van der Waals surface area contributed by atoms with E-state index in [9.17, 15) is 14.4 Å². The van der Waals surface area contributed by atoms with Gasteiger partial charge in [0.05, 0.1) is 25.0 Å². The highest BCUT2D eigenvalue weighted by atomic mass is 32.1. The van der Waals surface area contributed by atoms with Crippen molar-refractivity contribution in [3.8, 4) is 17.0 Å². The number of thiazole rings is 1. The van der Waals surface area contributed by atoms with Crippen LogP contribution in [0.25, 0.3) is 11.3 Å². The molecule has 3 aromatic rings. The van der Waals surface area contributed by atoms with Crippen LogP contribution in [0.5, 0.6) is 5.75 Å². The summed E-state index contributed by atoms with van der Waals surface area (Å²) in [5.41, 5.74) is 3.06. The third-order valence-electron chi connectivity index (χ3n) is 6.36. The standard InChI is InChI=1S/C26H26N4O4S/c1-34-21-4-2-3-19(15-21)22-17-35-23(27-22)16-28-11-13-29(14-12-28)26(33)18-5-7-20(8-6-18)30-24(31)9-10-25(30)32/h2-8,15,17H,9-14,16H2,1H3. The summed E-state index contributed by atoms with van der Waals surface area (Å²) in [5, 5.41) is 3.11. The molecule has 9 heteroatoms. The number of anilines is 1. The zero-order chi connectivity index (χ0) is 24.4. The molecule has 3 heterocycles. The van der Waals surface area contributed by atoms with Crippen molar-refractivity contribution in [3.05, 3.63) is 64.5 Å². The second kappa shape index (κ2) is 9.97. The van der Waals surface area contributed by atoms with Gasteiger partial charge in [-0.3, -0.25) is 24.2 Å². The molecule has 0 bridgehead atoms. The zero-order valence-electron chi connectivity index (χ0n) is 19.5. The van der Waals surface area contributed by atoms with Gasteiger partial charge >= 0.3 is 0 Å². The highest BCUT2D eigenvalue weighted by Crippen LogP contribution is 2.26. The van der Waals surface area contributed by atoms with Crippen molar-refractivity contribution in [3.63, 3.8) is 0 Å². The van der Waals surface area contributed by atoms with Crippen molar-refractivity contribution in [1.29, 1.82) is 0 Å². The van der Waals surface area contributed by atoms with Gasteiger partial charge in [-0.05, 0) is 36.4 Å². The fraction of sp³-hybridized carbons (Fsp3) is 0.308. The Labute approximate surface area is 207 Å². The molecule has 35 heavy (non-hydrogen) atoms. The van der Waals surface area contributed by atoms with Crippen LogP contribution >= 0.6 is 11.3 Å². The smallest absolute Gasteiger partial charge is 0.253 e. The number of rotatable bonds is 6. The fourth-order valence-corrected chi connectivity index (χ4v) is 5.24. The molecule has 3 amide bonds. The second-order valence-electron chi connectivity index (χ2n) is 8.60. The Kier molecular flexibility index (Phi) is 6.61. The minimum Gasteiger partial charge on any atom is -0.497 e. The van der Waals surface area contributed by atoms with Gasteiger partial charge in [0.15, 0.2) is 0 Å². The van der Waals surface area contributed by atoms with Crippen LogP contribution < -0.4 is 9.64 Å². The maximum Gasteiger partial charge on any atom is 0.253 e. The second-order valence-corrected chi connectivity index (χ2v) is 9.54. The Morgan fingerprint density at radius 2 is 1.71 bits per heavy atom. The monoisotopic (exact) mass is 490 g/mol. The van der Waals surface area contributed by atoms with Crippen molar-refractivity contribution < 1.29 is 19.1 Å². The van der Waals surface area contributed by atoms with Crippen molar-refractivity contribution in [1.82, 2.24) is 14.8 Å². The molecule has 5 rings (SSSR count). The molecule has 0 N–H and O–H groups in total. The zero-order valence-corrected chi connectivity index (χ0v) is 20.3. The molecule has 1 aromatic heterocycles. The number of carbonyl (C=O) groups is 3. The minimum absolute atomic E-state index is 0.0372. The van der Waals surface area contributed by atoms with Gasteiger partial charge in [-0.1, -0.05) is 12.1 Å². The molecule has 0 radical (unpaired) electrons. The van der Waals surface area contributed by atoms with Crippen LogP contribution in [-0.4, -0.2) is 65.8 Å². The summed E-state index contributed by atoms with van der Waals surface area (Å²) in [5.74, 6) is 0.387. The van der Waals surface area contributed by atoms with Crippen molar-refractivity contribution >= 4 is 34.7 Å². The Bertz CT molecular complexity index is 1230. The topological polar surface area (TPSA) is 83.0 Å². The molecule has 0 atom stereocenters. The first-order chi connectivity index (χ1) is 17.0. The first-order valence-corrected chi connectivity index (χ1v) is 12.5. The van der Waals surface area contributed by atoms with Crippen LogP contribution in [0.15, 0.2) is 53.9 Å². The number of piperazine rings is 1. The van der Waals surface area contributed by atoms with E-state index in [1.807, 2.05) is 29.2 Å². The maximum absolute atomic E-state index is 13.0. The summed E-state index contributed by atoms with van der Waals surface area (Å²) in [6, 6.07) is 14.6. The number of benzene rings is 2. The lowest BCUT2D eigenvalue weighted by molar-refractivity contribution is -0.121. The third-order valence-corrected chi connectivity index (χ3v) is 7.19. The molecular formula is C26H26N4O4S. The predicted octanol–water partition coefficient (Wildman–Crippen LogP) is 3.43. The van der Waals surface area contributed by atoms with Crippen molar-refractivity contribution in [2.24, 2.45) is 0 Å². The number of ether oxygens (including phenoxy) is 1. The van der Waals surface area contributed by atoms with E-state index in [1.54, 1.807) is 42.7 Å². The number of amides is 3. The average Bonchev–Trinajstić information content (AvgIpc) is 3.50. The maximum atomic E-state index is 13.0. The van der Waals surface area contributed by atoms with E-state index in [4.69, 9.17) is 9.72 Å². The van der Waals surface area contributed by atoms with Crippen LogP contribution in [0.3, 0.4) is 0 Å². The molecule has 2 aliphatic rings. The lowest BCUT2D eigenvalue weighted by Crippen LogP contribution is -2.48. The normalized spacial score (nSPS) is 16.7. The van der Waals surface area contributed by atoms with Crippen LogP contribution in [0.2, 0.25) is 0 Å². The highest BCUT2D eigenvalue weighted by Gasteiger charge is 2.30. The summed E-state index contributed by atoms with van der Waals surface area (Å²) in [6.45, 7) is 3.57. The predicted molar refractivity (Wildman–Crippen MR) is 133 cm³/mol. The Hall–Kier alpha value is -3.56. The lowest BCUT2D eigenvalue weighted by Gasteiger charge is -2.34. The summed E-state index contributed by atoms with van der Waals surface area (Å²) in [4.78, 5) is 47.0. The van der Waals surface area contributed by atoms with Crippen LogP contribution in [0, 0.1) is 0 Å². The highest BCUT2D eigenvalue weighted by molar-refractivity contribution is 7.09. The largest absolute Gasteiger partial charge is 0.497 e. The first-order valence-electron chi connectivity index (χ1n) is 11.6. The SMILES string of the molecule is COc1cccc(-c2csc(CN3CCN(C(=O)c4ccc(N5C(=O)CCC5=O)cc4)CC3)n2)c1. The van der Waals surface area contributed by atoms with Crippen molar-refractivity contribution in [2.75, 3.05) is 38.2 Å². The fourth-order valence-electron chi connectivity index (χ4n) is 4.40. The molecule has 2 saturated heterocycles. The Morgan fingerprint density at radius 3 is 2.40 bits per heavy atom. The molecule has 2 fully saturated rings. The summed E-state index contributed by atoms with van der Waals surface area (Å²) < 4.78 is 5.31. The minimum atomic E-state index is -0.193. The van der Waals surface area contributed by atoms with Gasteiger partial charge in [-0.15, -0.1) is 11.3 Å². The molecule has 0 spiro atoms. The molecule has 0 aliphatic carbocycles. The van der Waals surface area contributed by atoms with E-state index in [-0.39, 0.29) is 30.6 Å². The first kappa shape index (κ1) is 23.2. The van der Waals surface area contributed by atoms with Gasteiger partial charge in [0.2, 0.25) is 11.8 Å². The number of aromatic nitrogens is 1. The van der Waals surface area contributed by atoms with Crippen molar-refractivity contribution in [2.45, 2.75) is 19.4 Å². The lowest BCUT2D eigenvalue weighted by atomic mass is 10.1. The number of hydrogen-bond donors (Lipinski definition) is 0. The Morgan fingerprint density at radius 1 is 1.00 bits per heavy atom. The van der Waals surface area contributed by atoms with Gasteiger partial charge in [0.1, 0.15) is 10.8 Å². The molecule has 8 nitrogen and oxygen atoms in total. The number of carbonyl (C=O) groups excluding carboxylic acids is 3. The Balaban J connectivity index is 1.16.